The summed E-state index contributed by atoms with van der Waals surface area (Å²) < 4.78 is 0. The number of aliphatic hydroxyl groups excluding tert-OH is 3. The van der Waals surface area contributed by atoms with Gasteiger partial charge in [-0.15, -0.1) is 0 Å². The van der Waals surface area contributed by atoms with E-state index in [0.29, 0.717) is 6.61 Å². The molecule has 0 aromatic carbocycles. The first-order valence-corrected chi connectivity index (χ1v) is 5.66. The minimum atomic E-state index is 0.250. The van der Waals surface area contributed by atoms with Gasteiger partial charge in [-0.25, -0.2) is 0 Å². The zero-order valence-electron chi connectivity index (χ0n) is 9.41. The molecule has 0 amide bonds. The summed E-state index contributed by atoms with van der Waals surface area (Å²) in [5.41, 5.74) is 0. The predicted molar refractivity (Wildman–Crippen MR) is 59.3 cm³/mol. The molecule has 0 aliphatic heterocycles. The van der Waals surface area contributed by atoms with E-state index in [-0.39, 0.29) is 13.2 Å². The summed E-state index contributed by atoms with van der Waals surface area (Å²) >= 11 is 0. The summed E-state index contributed by atoms with van der Waals surface area (Å²) in [5, 5.41) is 24.7. The molecular weight excluding hydrogens is 180 g/mol. The highest BCUT2D eigenvalue weighted by atomic mass is 16.3. The predicted octanol–water partition coefficient (Wildman–Crippen LogP) is 1.70. The van der Waals surface area contributed by atoms with Gasteiger partial charge in [0.25, 0.3) is 0 Å². The van der Waals surface area contributed by atoms with E-state index in [9.17, 15) is 0 Å². The van der Waals surface area contributed by atoms with Crippen LogP contribution in [0.4, 0.5) is 0 Å². The Morgan fingerprint density at radius 2 is 0.929 bits per heavy atom. The lowest BCUT2D eigenvalue weighted by molar-refractivity contribution is 0.257. The highest BCUT2D eigenvalue weighted by Gasteiger charge is 1.82. The molecule has 3 nitrogen and oxygen atoms in total. The van der Waals surface area contributed by atoms with Gasteiger partial charge < -0.3 is 15.3 Å². The summed E-state index contributed by atoms with van der Waals surface area (Å²) in [6.45, 7) is 3.03. The lowest BCUT2D eigenvalue weighted by Gasteiger charge is -1.90. The second kappa shape index (κ2) is 18.6. The number of hydrogen-bond acceptors (Lipinski definition) is 3. The minimum Gasteiger partial charge on any atom is -0.396 e. The van der Waals surface area contributed by atoms with Gasteiger partial charge in [0, 0.05) is 19.8 Å². The molecule has 3 heteroatoms. The van der Waals surface area contributed by atoms with Crippen molar-refractivity contribution < 1.29 is 15.3 Å². The van der Waals surface area contributed by atoms with Gasteiger partial charge in [-0.2, -0.15) is 0 Å². The van der Waals surface area contributed by atoms with E-state index < -0.39 is 0 Å². The van der Waals surface area contributed by atoms with E-state index in [1.54, 1.807) is 0 Å². The second-order valence-corrected chi connectivity index (χ2v) is 3.29. The third-order valence-electron chi connectivity index (χ3n) is 1.83. The first-order valence-electron chi connectivity index (χ1n) is 5.66. The van der Waals surface area contributed by atoms with Gasteiger partial charge in [0.05, 0.1) is 0 Å². The molecule has 0 aliphatic carbocycles. The molecule has 14 heavy (non-hydrogen) atoms. The lowest BCUT2D eigenvalue weighted by Crippen LogP contribution is -1.85. The van der Waals surface area contributed by atoms with Crippen molar-refractivity contribution >= 4 is 0 Å². The van der Waals surface area contributed by atoms with Crippen LogP contribution in [0.25, 0.3) is 0 Å². The molecule has 0 spiro atoms. The van der Waals surface area contributed by atoms with Gasteiger partial charge in [-0.1, -0.05) is 26.2 Å². The molecule has 0 atom stereocenters. The average molecular weight is 206 g/mol. The molecule has 0 saturated carbocycles. The maximum atomic E-state index is 8.29. The van der Waals surface area contributed by atoms with Crippen molar-refractivity contribution in [1.29, 1.82) is 0 Å². The fourth-order valence-electron chi connectivity index (χ4n) is 0.939. The third kappa shape index (κ3) is 22.6. The van der Waals surface area contributed by atoms with Crippen LogP contribution in [-0.2, 0) is 0 Å². The first-order chi connectivity index (χ1) is 6.83. The van der Waals surface area contributed by atoms with Crippen LogP contribution in [0.2, 0.25) is 0 Å². The monoisotopic (exact) mass is 206 g/mol. The van der Waals surface area contributed by atoms with Crippen LogP contribution in [0.15, 0.2) is 0 Å². The molecule has 0 heterocycles. The molecule has 3 N–H and O–H groups in total. The Balaban J connectivity index is 0. The molecule has 88 valence electrons. The Bertz CT molecular complexity index is 58.9. The normalized spacial score (nSPS) is 9.43. The number of unbranched alkanes of at least 4 members (excludes halogenated alkanes) is 5. The van der Waals surface area contributed by atoms with Crippen molar-refractivity contribution in [3.05, 3.63) is 0 Å². The van der Waals surface area contributed by atoms with E-state index >= 15 is 0 Å². The lowest BCUT2D eigenvalue weighted by atomic mass is 10.2. The maximum absolute atomic E-state index is 8.29. The van der Waals surface area contributed by atoms with E-state index in [4.69, 9.17) is 15.3 Å². The first kappa shape index (κ1) is 16.3. The molecule has 0 unspecified atom stereocenters. The van der Waals surface area contributed by atoms with Gasteiger partial charge >= 0.3 is 0 Å². The van der Waals surface area contributed by atoms with Gasteiger partial charge in [0.2, 0.25) is 0 Å². The molecule has 0 bridgehead atoms. The average Bonchev–Trinajstić information content (AvgIpc) is 2.21. The SMILES string of the molecule is CCCCCCO.OCCCCCO. The summed E-state index contributed by atoms with van der Waals surface area (Å²) in [5.74, 6) is 0. The van der Waals surface area contributed by atoms with Crippen molar-refractivity contribution in [2.24, 2.45) is 0 Å². The molecule has 0 fully saturated rings. The molecule has 0 radical (unpaired) electrons. The summed E-state index contributed by atoms with van der Waals surface area (Å²) in [7, 11) is 0. The van der Waals surface area contributed by atoms with E-state index in [1.807, 2.05) is 0 Å². The van der Waals surface area contributed by atoms with Crippen molar-refractivity contribution in [2.45, 2.75) is 51.9 Å². The van der Waals surface area contributed by atoms with Crippen molar-refractivity contribution in [1.82, 2.24) is 0 Å². The van der Waals surface area contributed by atoms with Crippen molar-refractivity contribution in [3.8, 4) is 0 Å². The number of aliphatic hydroxyl groups is 3. The second-order valence-electron chi connectivity index (χ2n) is 3.29. The molecule has 0 aromatic heterocycles. The van der Waals surface area contributed by atoms with Crippen LogP contribution in [0, 0.1) is 0 Å². The highest BCUT2D eigenvalue weighted by Crippen LogP contribution is 1.96. The smallest absolute Gasteiger partial charge is 0.0431 e. The van der Waals surface area contributed by atoms with Gasteiger partial charge in [-0.3, -0.25) is 0 Å². The van der Waals surface area contributed by atoms with E-state index in [1.165, 1.54) is 19.3 Å². The Hall–Kier alpha value is -0.120. The quantitative estimate of drug-likeness (QED) is 0.530. The van der Waals surface area contributed by atoms with Crippen LogP contribution in [0.5, 0.6) is 0 Å². The van der Waals surface area contributed by atoms with E-state index in [2.05, 4.69) is 6.92 Å². The summed E-state index contributed by atoms with van der Waals surface area (Å²) in [6, 6.07) is 0. The zero-order chi connectivity index (χ0) is 11.1. The van der Waals surface area contributed by atoms with Gasteiger partial charge in [0.1, 0.15) is 0 Å². The standard InChI is InChI=1S/C6H14O.C5H12O2/c1-2-3-4-5-6-7;6-4-2-1-3-5-7/h7H,2-6H2,1H3;6-7H,1-5H2. The maximum Gasteiger partial charge on any atom is 0.0431 e. The van der Waals surface area contributed by atoms with Gasteiger partial charge in [0.15, 0.2) is 0 Å². The highest BCUT2D eigenvalue weighted by molar-refractivity contribution is 4.36. The van der Waals surface area contributed by atoms with Crippen molar-refractivity contribution in [3.63, 3.8) is 0 Å². The fourth-order valence-corrected chi connectivity index (χ4v) is 0.939. The van der Waals surface area contributed by atoms with Crippen LogP contribution in [0.3, 0.4) is 0 Å². The largest absolute Gasteiger partial charge is 0.396 e. The number of rotatable bonds is 8. The minimum absolute atomic E-state index is 0.250. The van der Waals surface area contributed by atoms with Crippen molar-refractivity contribution in [2.75, 3.05) is 19.8 Å². The van der Waals surface area contributed by atoms with Crippen LogP contribution < -0.4 is 0 Å². The van der Waals surface area contributed by atoms with E-state index in [0.717, 1.165) is 25.7 Å². The Morgan fingerprint density at radius 1 is 0.571 bits per heavy atom. The van der Waals surface area contributed by atoms with Crippen LogP contribution in [-0.4, -0.2) is 35.1 Å². The Labute approximate surface area is 87.8 Å². The topological polar surface area (TPSA) is 60.7 Å². The third-order valence-corrected chi connectivity index (χ3v) is 1.83. The summed E-state index contributed by atoms with van der Waals surface area (Å²) in [4.78, 5) is 0. The molecule has 0 rings (SSSR count). The van der Waals surface area contributed by atoms with Crippen LogP contribution >= 0.6 is 0 Å². The van der Waals surface area contributed by atoms with Gasteiger partial charge in [-0.05, 0) is 25.7 Å². The molecule has 0 saturated heterocycles. The molecule has 0 aliphatic rings. The number of hydrogen-bond donors (Lipinski definition) is 3. The Morgan fingerprint density at radius 3 is 1.21 bits per heavy atom. The molecular formula is C11H26O3. The van der Waals surface area contributed by atoms with Crippen LogP contribution in [0.1, 0.15) is 51.9 Å². The summed E-state index contributed by atoms with van der Waals surface area (Å²) in [6.07, 6.45) is 7.26. The Kier molecular flexibility index (Phi) is 21.7. The fraction of sp³-hybridized carbons (Fsp3) is 1.00. The molecule has 0 aromatic rings. The zero-order valence-corrected chi connectivity index (χ0v) is 9.41.